The van der Waals surface area contributed by atoms with Crippen molar-refractivity contribution in [1.29, 1.82) is 0 Å². The first-order chi connectivity index (χ1) is 10.6. The summed E-state index contributed by atoms with van der Waals surface area (Å²) < 4.78 is 10.7. The van der Waals surface area contributed by atoms with Crippen molar-refractivity contribution in [3.05, 3.63) is 29.8 Å². The van der Waals surface area contributed by atoms with Gasteiger partial charge in [0.05, 0.1) is 26.2 Å². The lowest BCUT2D eigenvalue weighted by Crippen LogP contribution is -2.53. The van der Waals surface area contributed by atoms with E-state index >= 15 is 0 Å². The Hall–Kier alpha value is -2.08. The van der Waals surface area contributed by atoms with Gasteiger partial charge in [-0.1, -0.05) is 19.1 Å². The maximum atomic E-state index is 12.4. The van der Waals surface area contributed by atoms with Crippen molar-refractivity contribution >= 4 is 11.9 Å². The number of benzene rings is 1. The standard InChI is InChI=1S/C16H21NO5/c1-2-7-22-13-5-3-4-12(9-13)10-15(18)17-6-8-21-11-14(17)16(19)20/h3-5,9,14H,2,6-8,10-11H2,1H3,(H,19,20). The number of ether oxygens (including phenoxy) is 2. The van der Waals surface area contributed by atoms with Gasteiger partial charge in [-0.25, -0.2) is 4.79 Å². The highest BCUT2D eigenvalue weighted by Crippen LogP contribution is 2.16. The van der Waals surface area contributed by atoms with Gasteiger partial charge in [-0.05, 0) is 24.1 Å². The highest BCUT2D eigenvalue weighted by atomic mass is 16.5. The summed E-state index contributed by atoms with van der Waals surface area (Å²) in [5.41, 5.74) is 0.814. The van der Waals surface area contributed by atoms with Crippen LogP contribution < -0.4 is 4.74 Å². The molecule has 2 rings (SSSR count). The molecule has 1 aliphatic heterocycles. The Bertz CT molecular complexity index is 531. The van der Waals surface area contributed by atoms with Crippen molar-refractivity contribution in [3.8, 4) is 5.75 Å². The van der Waals surface area contributed by atoms with Crippen molar-refractivity contribution < 1.29 is 24.2 Å². The van der Waals surface area contributed by atoms with Crippen molar-refractivity contribution in [3.63, 3.8) is 0 Å². The van der Waals surface area contributed by atoms with Gasteiger partial charge in [0.2, 0.25) is 5.91 Å². The van der Waals surface area contributed by atoms with E-state index in [4.69, 9.17) is 9.47 Å². The summed E-state index contributed by atoms with van der Waals surface area (Å²) in [6.45, 7) is 3.37. The van der Waals surface area contributed by atoms with Crippen LogP contribution in [0.3, 0.4) is 0 Å². The third-order valence-corrected chi connectivity index (χ3v) is 3.46. The molecule has 1 heterocycles. The largest absolute Gasteiger partial charge is 0.494 e. The third-order valence-electron chi connectivity index (χ3n) is 3.46. The maximum Gasteiger partial charge on any atom is 0.328 e. The van der Waals surface area contributed by atoms with Gasteiger partial charge in [0, 0.05) is 6.54 Å². The van der Waals surface area contributed by atoms with Gasteiger partial charge in [-0.15, -0.1) is 0 Å². The van der Waals surface area contributed by atoms with Crippen LogP contribution in [0.1, 0.15) is 18.9 Å². The number of carboxylic acids is 1. The van der Waals surface area contributed by atoms with E-state index in [9.17, 15) is 14.7 Å². The van der Waals surface area contributed by atoms with Crippen molar-refractivity contribution in [2.24, 2.45) is 0 Å². The SMILES string of the molecule is CCCOc1cccc(CC(=O)N2CCOCC2C(=O)O)c1. The van der Waals surface area contributed by atoms with Crippen LogP contribution in [0.25, 0.3) is 0 Å². The van der Waals surface area contributed by atoms with Gasteiger partial charge < -0.3 is 19.5 Å². The van der Waals surface area contributed by atoms with Crippen molar-refractivity contribution in [2.75, 3.05) is 26.4 Å². The molecule has 1 amide bonds. The highest BCUT2D eigenvalue weighted by Gasteiger charge is 2.32. The van der Waals surface area contributed by atoms with Gasteiger partial charge in [0.1, 0.15) is 5.75 Å². The zero-order valence-electron chi connectivity index (χ0n) is 12.7. The van der Waals surface area contributed by atoms with Crippen LogP contribution in [-0.4, -0.2) is 54.3 Å². The second-order valence-corrected chi connectivity index (χ2v) is 5.19. The van der Waals surface area contributed by atoms with E-state index in [0.717, 1.165) is 17.7 Å². The molecule has 6 nitrogen and oxygen atoms in total. The molecule has 0 bridgehead atoms. The number of rotatable bonds is 6. The Balaban J connectivity index is 2.02. The molecular weight excluding hydrogens is 286 g/mol. The molecule has 0 saturated carbocycles. The topological polar surface area (TPSA) is 76.1 Å². The lowest BCUT2D eigenvalue weighted by molar-refractivity contribution is -0.158. The smallest absolute Gasteiger partial charge is 0.328 e. The summed E-state index contributed by atoms with van der Waals surface area (Å²) in [6, 6.07) is 6.44. The van der Waals surface area contributed by atoms with E-state index in [2.05, 4.69) is 0 Å². The first-order valence-corrected chi connectivity index (χ1v) is 7.43. The second-order valence-electron chi connectivity index (χ2n) is 5.19. The van der Waals surface area contributed by atoms with Crippen LogP contribution in [0, 0.1) is 0 Å². The molecule has 1 fully saturated rings. The fourth-order valence-corrected chi connectivity index (χ4v) is 2.35. The minimum absolute atomic E-state index is 0.0424. The quantitative estimate of drug-likeness (QED) is 0.858. The summed E-state index contributed by atoms with van der Waals surface area (Å²) in [5, 5.41) is 9.17. The lowest BCUT2D eigenvalue weighted by atomic mass is 10.1. The summed E-state index contributed by atoms with van der Waals surface area (Å²) in [5.74, 6) is -0.514. The van der Waals surface area contributed by atoms with Crippen molar-refractivity contribution in [1.82, 2.24) is 4.90 Å². The predicted octanol–water partition coefficient (Wildman–Crippen LogP) is 1.33. The van der Waals surface area contributed by atoms with E-state index in [1.165, 1.54) is 4.90 Å². The molecule has 1 aromatic rings. The van der Waals surface area contributed by atoms with Crippen LogP contribution in [0.15, 0.2) is 24.3 Å². The molecule has 1 saturated heterocycles. The molecule has 0 aliphatic carbocycles. The fourth-order valence-electron chi connectivity index (χ4n) is 2.35. The van der Waals surface area contributed by atoms with Gasteiger partial charge in [-0.2, -0.15) is 0 Å². The number of hydrogen-bond donors (Lipinski definition) is 1. The maximum absolute atomic E-state index is 12.4. The minimum atomic E-state index is -1.03. The predicted molar refractivity (Wildman–Crippen MR) is 79.9 cm³/mol. The first-order valence-electron chi connectivity index (χ1n) is 7.43. The van der Waals surface area contributed by atoms with Crippen LogP contribution >= 0.6 is 0 Å². The molecule has 22 heavy (non-hydrogen) atoms. The number of carbonyl (C=O) groups excluding carboxylic acids is 1. The second kappa shape index (κ2) is 7.79. The normalized spacial score (nSPS) is 18.0. The molecule has 6 heteroatoms. The molecule has 1 aromatic carbocycles. The van der Waals surface area contributed by atoms with E-state index < -0.39 is 12.0 Å². The number of morpholine rings is 1. The Morgan fingerprint density at radius 2 is 2.27 bits per heavy atom. The Morgan fingerprint density at radius 3 is 3.00 bits per heavy atom. The number of nitrogens with zero attached hydrogens (tertiary/aromatic N) is 1. The zero-order valence-corrected chi connectivity index (χ0v) is 12.7. The highest BCUT2D eigenvalue weighted by molar-refractivity contribution is 5.85. The average Bonchev–Trinajstić information content (AvgIpc) is 2.53. The number of carbonyl (C=O) groups is 2. The van der Waals surface area contributed by atoms with Crippen LogP contribution in [-0.2, 0) is 20.7 Å². The summed E-state index contributed by atoms with van der Waals surface area (Å²) in [6.07, 6.45) is 1.07. The molecule has 120 valence electrons. The monoisotopic (exact) mass is 307 g/mol. The third kappa shape index (κ3) is 4.21. The van der Waals surface area contributed by atoms with E-state index in [0.29, 0.717) is 19.8 Å². The summed E-state index contributed by atoms with van der Waals surface area (Å²) in [4.78, 5) is 25.0. The Labute approximate surface area is 129 Å². The summed E-state index contributed by atoms with van der Waals surface area (Å²) in [7, 11) is 0. The molecule has 1 aliphatic rings. The zero-order chi connectivity index (χ0) is 15.9. The van der Waals surface area contributed by atoms with E-state index in [-0.39, 0.29) is 18.9 Å². The van der Waals surface area contributed by atoms with Crippen molar-refractivity contribution in [2.45, 2.75) is 25.8 Å². The molecule has 0 spiro atoms. The van der Waals surface area contributed by atoms with Gasteiger partial charge in [0.25, 0.3) is 0 Å². The first kappa shape index (κ1) is 16.3. The summed E-state index contributed by atoms with van der Waals surface area (Å²) >= 11 is 0. The van der Waals surface area contributed by atoms with E-state index in [1.54, 1.807) is 0 Å². The number of hydrogen-bond acceptors (Lipinski definition) is 4. The fraction of sp³-hybridized carbons (Fsp3) is 0.500. The van der Waals surface area contributed by atoms with Crippen LogP contribution in [0.2, 0.25) is 0 Å². The Kier molecular flexibility index (Phi) is 5.77. The van der Waals surface area contributed by atoms with Crippen LogP contribution in [0.5, 0.6) is 5.75 Å². The molecule has 0 radical (unpaired) electrons. The number of carboxylic acid groups (broad SMARTS) is 1. The van der Waals surface area contributed by atoms with Gasteiger partial charge in [0.15, 0.2) is 6.04 Å². The molecule has 0 aromatic heterocycles. The minimum Gasteiger partial charge on any atom is -0.494 e. The number of aliphatic carboxylic acids is 1. The Morgan fingerprint density at radius 1 is 1.45 bits per heavy atom. The molecular formula is C16H21NO5. The average molecular weight is 307 g/mol. The van der Waals surface area contributed by atoms with E-state index in [1.807, 2.05) is 31.2 Å². The van der Waals surface area contributed by atoms with Crippen LogP contribution in [0.4, 0.5) is 0 Å². The van der Waals surface area contributed by atoms with Gasteiger partial charge in [-0.3, -0.25) is 4.79 Å². The molecule has 1 atom stereocenters. The lowest BCUT2D eigenvalue weighted by Gasteiger charge is -2.33. The van der Waals surface area contributed by atoms with Gasteiger partial charge >= 0.3 is 5.97 Å². The number of amides is 1. The molecule has 1 N–H and O–H groups in total. The molecule has 1 unspecified atom stereocenters.